The van der Waals surface area contributed by atoms with Crippen molar-refractivity contribution in [3.8, 4) is 0 Å². The Morgan fingerprint density at radius 3 is 1.53 bits per heavy atom. The molecule has 5 heteroatoms. The van der Waals surface area contributed by atoms with Crippen molar-refractivity contribution in [1.29, 1.82) is 0 Å². The summed E-state index contributed by atoms with van der Waals surface area (Å²) >= 11 is 0. The van der Waals surface area contributed by atoms with Crippen molar-refractivity contribution in [2.45, 2.75) is 38.9 Å². The first kappa shape index (κ1) is 16.7. The van der Waals surface area contributed by atoms with E-state index in [0.717, 1.165) is 23.2 Å². The van der Waals surface area contributed by atoms with Gasteiger partial charge in [-0.15, -0.1) is 0 Å². The van der Waals surface area contributed by atoms with E-state index in [1.165, 1.54) is 0 Å². The fourth-order valence-electron chi connectivity index (χ4n) is 2.73. The Labute approximate surface area is 108 Å². The highest BCUT2D eigenvalue weighted by Crippen LogP contribution is 2.29. The van der Waals surface area contributed by atoms with Crippen LogP contribution in [0.4, 0.5) is 0 Å². The zero-order valence-electron chi connectivity index (χ0n) is 12.5. The molecule has 0 fully saturated rings. The van der Waals surface area contributed by atoms with E-state index in [2.05, 4.69) is 36.3 Å². The van der Waals surface area contributed by atoms with Crippen molar-refractivity contribution >= 4 is 21.0 Å². The minimum Gasteiger partial charge on any atom is -0.330 e. The zero-order chi connectivity index (χ0) is 13.6. The van der Waals surface area contributed by atoms with E-state index in [9.17, 15) is 4.79 Å². The molecule has 17 heavy (non-hydrogen) atoms. The second kappa shape index (κ2) is 7.17. The van der Waals surface area contributed by atoms with Gasteiger partial charge in [0.15, 0.2) is 0 Å². The predicted octanol–water partition coefficient (Wildman–Crippen LogP) is 1.94. The van der Waals surface area contributed by atoms with Crippen LogP contribution in [0.2, 0.25) is 18.1 Å². The maximum atomic E-state index is 11.5. The van der Waals surface area contributed by atoms with Crippen LogP contribution in [0.25, 0.3) is 0 Å². The second-order valence-electron chi connectivity index (χ2n) is 5.16. The van der Waals surface area contributed by atoms with Crippen LogP contribution in [0.1, 0.15) is 20.8 Å². The lowest BCUT2D eigenvalue weighted by atomic mass is 9.73. The minimum absolute atomic E-state index is 0.0963. The van der Waals surface area contributed by atoms with Crippen LogP contribution in [0.5, 0.6) is 0 Å². The second-order valence-corrected chi connectivity index (χ2v) is 10.4. The summed E-state index contributed by atoms with van der Waals surface area (Å²) < 4.78 is 0. The Kier molecular flexibility index (Phi) is 7.02. The molecule has 0 amide bonds. The molecular weight excluding hydrogens is 227 g/mol. The molecule has 0 aliphatic heterocycles. The molecule has 0 aliphatic rings. The maximum absolute atomic E-state index is 11.5. The predicted molar refractivity (Wildman–Crippen MR) is 79.5 cm³/mol. The van der Waals surface area contributed by atoms with Gasteiger partial charge in [-0.05, 0) is 28.2 Å². The van der Waals surface area contributed by atoms with Gasteiger partial charge >= 0.3 is 6.98 Å². The standard InChI is InChI=1S/C12H27BN2OSi/c1-8-17(9-2,10-3)12(11-16)13(14(4)5)15(6)7/h8-10H2,1-7H3. The van der Waals surface area contributed by atoms with E-state index in [1.807, 2.05) is 28.2 Å². The average Bonchev–Trinajstić information content (AvgIpc) is 2.29. The molecule has 0 saturated carbocycles. The summed E-state index contributed by atoms with van der Waals surface area (Å²) in [5, 5.41) is 1.03. The lowest BCUT2D eigenvalue weighted by molar-refractivity contribution is 0.526. The molecule has 0 aromatic carbocycles. The first-order chi connectivity index (χ1) is 7.90. The highest BCUT2D eigenvalue weighted by Gasteiger charge is 2.41. The Morgan fingerprint density at radius 2 is 1.35 bits per heavy atom. The van der Waals surface area contributed by atoms with Crippen LogP contribution in [-0.2, 0) is 4.79 Å². The molecule has 0 rings (SSSR count). The van der Waals surface area contributed by atoms with Crippen LogP contribution in [0.3, 0.4) is 0 Å². The molecule has 0 N–H and O–H groups in total. The molecule has 0 aromatic rings. The minimum atomic E-state index is -1.63. The Hall–Kier alpha value is -0.348. The number of nitrogens with zero attached hydrogens (tertiary/aromatic N) is 2. The van der Waals surface area contributed by atoms with Gasteiger partial charge in [0.05, 0.1) is 8.07 Å². The van der Waals surface area contributed by atoms with E-state index in [0.29, 0.717) is 0 Å². The highest BCUT2D eigenvalue weighted by atomic mass is 28.3. The Bertz CT molecular complexity index is 268. The lowest BCUT2D eigenvalue weighted by Crippen LogP contribution is -2.55. The molecule has 0 radical (unpaired) electrons. The van der Waals surface area contributed by atoms with Crippen molar-refractivity contribution in [3.05, 3.63) is 5.10 Å². The lowest BCUT2D eigenvalue weighted by Gasteiger charge is -2.36. The summed E-state index contributed by atoms with van der Waals surface area (Å²) in [7, 11) is 6.49. The van der Waals surface area contributed by atoms with Crippen LogP contribution in [0.15, 0.2) is 5.10 Å². The monoisotopic (exact) mass is 254 g/mol. The number of hydrogen-bond acceptors (Lipinski definition) is 3. The third-order valence-corrected chi connectivity index (χ3v) is 9.51. The molecular formula is C12H27BN2OSi. The fraction of sp³-hybridized carbons (Fsp3) is 0.833. The first-order valence-electron chi connectivity index (χ1n) is 6.48. The molecule has 0 saturated heterocycles. The van der Waals surface area contributed by atoms with E-state index >= 15 is 0 Å². The van der Waals surface area contributed by atoms with Crippen molar-refractivity contribution in [3.63, 3.8) is 0 Å². The number of hydrogen-bond donors (Lipinski definition) is 0. The summed E-state index contributed by atoms with van der Waals surface area (Å²) in [6.45, 7) is 6.76. The molecule has 0 bridgehead atoms. The van der Waals surface area contributed by atoms with Crippen LogP contribution >= 0.6 is 0 Å². The van der Waals surface area contributed by atoms with Crippen molar-refractivity contribution in [2.24, 2.45) is 0 Å². The van der Waals surface area contributed by atoms with Gasteiger partial charge in [0.2, 0.25) is 0 Å². The Morgan fingerprint density at radius 1 is 1.00 bits per heavy atom. The van der Waals surface area contributed by atoms with Gasteiger partial charge in [0, 0.05) is 5.10 Å². The number of rotatable bonds is 7. The van der Waals surface area contributed by atoms with Gasteiger partial charge in [-0.1, -0.05) is 38.9 Å². The van der Waals surface area contributed by atoms with Gasteiger partial charge in [0.25, 0.3) is 0 Å². The summed E-state index contributed by atoms with van der Waals surface area (Å²) in [5.74, 6) is 2.30. The quantitative estimate of drug-likeness (QED) is 0.512. The number of carbonyl (C=O) groups excluding carboxylic acids is 1. The van der Waals surface area contributed by atoms with E-state index < -0.39 is 8.07 Å². The summed E-state index contributed by atoms with van der Waals surface area (Å²) in [6.07, 6.45) is 0. The molecule has 98 valence electrons. The fourth-order valence-corrected chi connectivity index (χ4v) is 6.66. The molecule has 0 unspecified atom stereocenters. The molecule has 0 spiro atoms. The Balaban J connectivity index is 5.52. The van der Waals surface area contributed by atoms with E-state index in [4.69, 9.17) is 0 Å². The van der Waals surface area contributed by atoms with Crippen LogP contribution in [0, 0.1) is 0 Å². The first-order valence-corrected chi connectivity index (χ1v) is 9.10. The molecule has 0 atom stereocenters. The summed E-state index contributed by atoms with van der Waals surface area (Å²) in [6, 6.07) is 3.38. The zero-order valence-corrected chi connectivity index (χ0v) is 13.5. The normalized spacial score (nSPS) is 11.8. The third-order valence-electron chi connectivity index (χ3n) is 3.95. The third kappa shape index (κ3) is 3.55. The van der Waals surface area contributed by atoms with Gasteiger partial charge in [0.1, 0.15) is 5.94 Å². The van der Waals surface area contributed by atoms with Crippen LogP contribution < -0.4 is 0 Å². The molecule has 3 nitrogen and oxygen atoms in total. The van der Waals surface area contributed by atoms with Crippen molar-refractivity contribution in [2.75, 3.05) is 28.2 Å². The maximum Gasteiger partial charge on any atom is 0.348 e. The van der Waals surface area contributed by atoms with Crippen molar-refractivity contribution in [1.82, 2.24) is 9.62 Å². The molecule has 0 aromatic heterocycles. The van der Waals surface area contributed by atoms with Gasteiger partial charge in [-0.3, -0.25) is 0 Å². The highest BCUT2D eigenvalue weighted by molar-refractivity contribution is 7.00. The largest absolute Gasteiger partial charge is 0.348 e. The van der Waals surface area contributed by atoms with Crippen molar-refractivity contribution < 1.29 is 4.79 Å². The van der Waals surface area contributed by atoms with E-state index in [1.54, 1.807) is 0 Å². The smallest absolute Gasteiger partial charge is 0.330 e. The summed E-state index contributed by atoms with van der Waals surface area (Å²) in [5.41, 5.74) is 0. The van der Waals surface area contributed by atoms with E-state index in [-0.39, 0.29) is 6.98 Å². The average molecular weight is 254 g/mol. The van der Waals surface area contributed by atoms with Gasteiger partial charge < -0.3 is 9.62 Å². The molecule has 0 heterocycles. The SMILES string of the molecule is CC[Si](CC)(CC)C(=C=O)B(N(C)C)N(C)C. The van der Waals surface area contributed by atoms with Gasteiger partial charge in [-0.2, -0.15) is 0 Å². The van der Waals surface area contributed by atoms with Gasteiger partial charge in [-0.25, -0.2) is 4.79 Å². The molecule has 0 aliphatic carbocycles. The topological polar surface area (TPSA) is 23.6 Å². The summed E-state index contributed by atoms with van der Waals surface area (Å²) in [4.78, 5) is 15.7. The van der Waals surface area contributed by atoms with Crippen LogP contribution in [-0.4, -0.2) is 58.8 Å².